The molecule has 0 bridgehead atoms. The molecule has 0 saturated carbocycles. The zero-order chi connectivity index (χ0) is 16.2. The third-order valence-electron chi connectivity index (χ3n) is 3.10. The molecule has 0 aromatic heterocycles. The number of aliphatic imine (C=N–C) groups is 1. The van der Waals surface area contributed by atoms with Crippen LogP contribution in [0.5, 0.6) is 5.75 Å². The third-order valence-corrected chi connectivity index (χ3v) is 4.25. The van der Waals surface area contributed by atoms with Crippen LogP contribution in [0.15, 0.2) is 58.4 Å². The molecule has 1 N–H and O–H groups in total. The van der Waals surface area contributed by atoms with E-state index in [1.54, 1.807) is 25.3 Å². The minimum atomic E-state index is -0.177. The Morgan fingerprint density at radius 1 is 1.22 bits per heavy atom. The SMILES string of the molecule is COc1ccccc1N=C1NC(=O)/C(=C/c2cccc(Cl)c2)S1. The Labute approximate surface area is 143 Å². The summed E-state index contributed by atoms with van der Waals surface area (Å²) in [6.07, 6.45) is 1.79. The van der Waals surface area contributed by atoms with Gasteiger partial charge in [0, 0.05) is 5.02 Å². The molecule has 1 heterocycles. The second kappa shape index (κ2) is 6.89. The van der Waals surface area contributed by atoms with Crippen LogP contribution in [0.3, 0.4) is 0 Å². The first-order chi connectivity index (χ1) is 11.2. The molecule has 3 rings (SSSR count). The maximum atomic E-state index is 12.1. The number of para-hydroxylation sites is 2. The Morgan fingerprint density at radius 2 is 2.04 bits per heavy atom. The van der Waals surface area contributed by atoms with E-state index in [4.69, 9.17) is 16.3 Å². The zero-order valence-corrected chi connectivity index (χ0v) is 13.8. The number of nitrogens with zero attached hydrogens (tertiary/aromatic N) is 1. The highest BCUT2D eigenvalue weighted by atomic mass is 35.5. The van der Waals surface area contributed by atoms with E-state index >= 15 is 0 Å². The maximum Gasteiger partial charge on any atom is 0.264 e. The summed E-state index contributed by atoms with van der Waals surface area (Å²) in [4.78, 5) is 17.1. The quantitative estimate of drug-likeness (QED) is 0.847. The summed E-state index contributed by atoms with van der Waals surface area (Å²) >= 11 is 7.25. The van der Waals surface area contributed by atoms with E-state index in [9.17, 15) is 4.79 Å². The highest BCUT2D eigenvalue weighted by Crippen LogP contribution is 2.32. The molecular formula is C17H13ClN2O2S. The van der Waals surface area contributed by atoms with Gasteiger partial charge in [-0.2, -0.15) is 0 Å². The van der Waals surface area contributed by atoms with Gasteiger partial charge in [0.2, 0.25) is 0 Å². The molecule has 116 valence electrons. The Bertz CT molecular complexity index is 818. The number of halogens is 1. The van der Waals surface area contributed by atoms with Crippen LogP contribution in [0.4, 0.5) is 5.69 Å². The number of benzene rings is 2. The van der Waals surface area contributed by atoms with E-state index < -0.39 is 0 Å². The molecule has 4 nitrogen and oxygen atoms in total. The zero-order valence-electron chi connectivity index (χ0n) is 12.2. The van der Waals surface area contributed by atoms with Crippen LogP contribution >= 0.6 is 23.4 Å². The molecular weight excluding hydrogens is 332 g/mol. The predicted octanol–water partition coefficient (Wildman–Crippen LogP) is 4.24. The average Bonchev–Trinajstić information content (AvgIpc) is 2.87. The van der Waals surface area contributed by atoms with Crippen molar-refractivity contribution >= 4 is 46.2 Å². The normalized spacial score (nSPS) is 17.6. The predicted molar refractivity (Wildman–Crippen MR) is 95.3 cm³/mol. The van der Waals surface area contributed by atoms with E-state index in [0.29, 0.717) is 26.5 Å². The van der Waals surface area contributed by atoms with E-state index in [1.165, 1.54) is 11.8 Å². The molecule has 1 aliphatic heterocycles. The summed E-state index contributed by atoms with van der Waals surface area (Å²) < 4.78 is 5.26. The summed E-state index contributed by atoms with van der Waals surface area (Å²) in [5, 5.41) is 3.91. The van der Waals surface area contributed by atoms with Gasteiger partial charge in [0.25, 0.3) is 5.91 Å². The Balaban J connectivity index is 1.86. The van der Waals surface area contributed by atoms with E-state index in [2.05, 4.69) is 10.3 Å². The second-order valence-electron chi connectivity index (χ2n) is 4.71. The minimum absolute atomic E-state index is 0.177. The molecule has 0 spiro atoms. The molecule has 1 aliphatic rings. The largest absolute Gasteiger partial charge is 0.494 e. The van der Waals surface area contributed by atoms with Crippen LogP contribution in [0.2, 0.25) is 5.02 Å². The average molecular weight is 345 g/mol. The second-order valence-corrected chi connectivity index (χ2v) is 6.18. The molecule has 2 aromatic carbocycles. The van der Waals surface area contributed by atoms with Crippen molar-refractivity contribution in [3.8, 4) is 5.75 Å². The summed E-state index contributed by atoms with van der Waals surface area (Å²) in [5.41, 5.74) is 1.54. The molecule has 1 fully saturated rings. The van der Waals surface area contributed by atoms with E-state index in [1.807, 2.05) is 36.4 Å². The number of ether oxygens (including phenoxy) is 1. The number of nitrogens with one attached hydrogen (secondary N) is 1. The van der Waals surface area contributed by atoms with Gasteiger partial charge in [-0.15, -0.1) is 0 Å². The smallest absolute Gasteiger partial charge is 0.264 e. The van der Waals surface area contributed by atoms with Gasteiger partial charge in [0.1, 0.15) is 11.4 Å². The Morgan fingerprint density at radius 3 is 2.83 bits per heavy atom. The summed E-state index contributed by atoms with van der Waals surface area (Å²) in [6, 6.07) is 14.7. The maximum absolute atomic E-state index is 12.1. The molecule has 1 amide bonds. The van der Waals surface area contributed by atoms with Crippen LogP contribution in [0.1, 0.15) is 5.56 Å². The summed E-state index contributed by atoms with van der Waals surface area (Å²) in [5.74, 6) is 0.478. The van der Waals surface area contributed by atoms with Crippen molar-refractivity contribution in [2.75, 3.05) is 7.11 Å². The number of carbonyl (C=O) groups is 1. The van der Waals surface area contributed by atoms with Gasteiger partial charge in [0.15, 0.2) is 5.17 Å². The van der Waals surface area contributed by atoms with Crippen molar-refractivity contribution in [2.45, 2.75) is 0 Å². The van der Waals surface area contributed by atoms with Crippen molar-refractivity contribution in [1.29, 1.82) is 0 Å². The summed E-state index contributed by atoms with van der Waals surface area (Å²) in [7, 11) is 1.59. The number of rotatable bonds is 3. The topological polar surface area (TPSA) is 50.7 Å². The molecule has 6 heteroatoms. The third kappa shape index (κ3) is 3.75. The first-order valence-corrected chi connectivity index (χ1v) is 8.03. The molecule has 23 heavy (non-hydrogen) atoms. The Kier molecular flexibility index (Phi) is 4.69. The monoisotopic (exact) mass is 344 g/mol. The fourth-order valence-electron chi connectivity index (χ4n) is 2.06. The van der Waals surface area contributed by atoms with Gasteiger partial charge >= 0.3 is 0 Å². The van der Waals surface area contributed by atoms with Crippen LogP contribution in [0.25, 0.3) is 6.08 Å². The lowest BCUT2D eigenvalue weighted by Crippen LogP contribution is -2.19. The van der Waals surface area contributed by atoms with Gasteiger partial charge in [-0.25, -0.2) is 4.99 Å². The number of hydrogen-bond acceptors (Lipinski definition) is 4. The first-order valence-electron chi connectivity index (χ1n) is 6.84. The highest BCUT2D eigenvalue weighted by Gasteiger charge is 2.24. The van der Waals surface area contributed by atoms with Crippen molar-refractivity contribution in [2.24, 2.45) is 4.99 Å². The number of methoxy groups -OCH3 is 1. The molecule has 0 aliphatic carbocycles. The van der Waals surface area contributed by atoms with Crippen molar-refractivity contribution in [3.63, 3.8) is 0 Å². The Hall–Kier alpha value is -2.24. The van der Waals surface area contributed by atoms with Gasteiger partial charge in [-0.1, -0.05) is 35.9 Å². The van der Waals surface area contributed by atoms with Crippen molar-refractivity contribution < 1.29 is 9.53 Å². The van der Waals surface area contributed by atoms with Gasteiger partial charge in [0.05, 0.1) is 12.0 Å². The molecule has 1 saturated heterocycles. The van der Waals surface area contributed by atoms with Gasteiger partial charge in [-0.05, 0) is 47.7 Å². The van der Waals surface area contributed by atoms with E-state index in [0.717, 1.165) is 5.56 Å². The number of hydrogen-bond donors (Lipinski definition) is 1. The lowest BCUT2D eigenvalue weighted by atomic mass is 10.2. The standard InChI is InChI=1S/C17H13ClN2O2S/c1-22-14-8-3-2-7-13(14)19-17-20-16(21)15(23-17)10-11-5-4-6-12(18)9-11/h2-10H,1H3,(H,19,20,21)/b15-10-. The minimum Gasteiger partial charge on any atom is -0.494 e. The lowest BCUT2D eigenvalue weighted by molar-refractivity contribution is -0.115. The summed E-state index contributed by atoms with van der Waals surface area (Å²) in [6.45, 7) is 0. The van der Waals surface area contributed by atoms with Gasteiger partial charge < -0.3 is 10.1 Å². The highest BCUT2D eigenvalue weighted by molar-refractivity contribution is 8.18. The number of amidine groups is 1. The molecule has 2 aromatic rings. The van der Waals surface area contributed by atoms with Crippen LogP contribution in [0, 0.1) is 0 Å². The van der Waals surface area contributed by atoms with Crippen LogP contribution in [-0.2, 0) is 4.79 Å². The number of amides is 1. The molecule has 0 atom stereocenters. The van der Waals surface area contributed by atoms with Crippen LogP contribution < -0.4 is 10.1 Å². The number of thioether (sulfide) groups is 1. The van der Waals surface area contributed by atoms with Gasteiger partial charge in [-0.3, -0.25) is 4.79 Å². The molecule has 0 unspecified atom stereocenters. The molecule has 0 radical (unpaired) electrons. The van der Waals surface area contributed by atoms with Crippen LogP contribution in [-0.4, -0.2) is 18.2 Å². The lowest BCUT2D eigenvalue weighted by Gasteiger charge is -2.03. The van der Waals surface area contributed by atoms with Crippen molar-refractivity contribution in [3.05, 3.63) is 64.0 Å². The van der Waals surface area contributed by atoms with Crippen molar-refractivity contribution in [1.82, 2.24) is 5.32 Å². The fraction of sp³-hybridized carbons (Fsp3) is 0.0588. The number of carbonyl (C=O) groups excluding carboxylic acids is 1. The van der Waals surface area contributed by atoms with E-state index in [-0.39, 0.29) is 5.91 Å². The fourth-order valence-corrected chi connectivity index (χ4v) is 3.09. The first kappa shape index (κ1) is 15.6.